The summed E-state index contributed by atoms with van der Waals surface area (Å²) in [5.74, 6) is 0. The van der Waals surface area contributed by atoms with E-state index in [2.05, 4.69) is 9.24 Å². The van der Waals surface area contributed by atoms with Crippen LogP contribution in [0.15, 0.2) is 0 Å². The van der Waals surface area contributed by atoms with Crippen molar-refractivity contribution in [1.29, 1.82) is 0 Å². The lowest BCUT2D eigenvalue weighted by Crippen LogP contribution is -2.02. The Labute approximate surface area is 47.9 Å². The van der Waals surface area contributed by atoms with Gasteiger partial charge < -0.3 is 9.24 Å². The van der Waals surface area contributed by atoms with E-state index < -0.39 is 0 Å². The van der Waals surface area contributed by atoms with E-state index in [1.54, 1.807) is 0 Å². The molecule has 0 spiro atoms. The first-order valence-corrected chi connectivity index (χ1v) is 3.68. The quantitative estimate of drug-likeness (QED) is 0.425. The van der Waals surface area contributed by atoms with Gasteiger partial charge in [-0.1, -0.05) is 32.1 Å². The third-order valence-electron chi connectivity index (χ3n) is 1.61. The molecular weight excluding hydrogens is 103 g/mol. The maximum atomic E-state index is 3.63. The fraction of sp³-hybridized carbons (Fsp3) is 1.00. The minimum atomic E-state index is 0.841. The number of hydrogen-bond acceptors (Lipinski definition) is 0. The summed E-state index contributed by atoms with van der Waals surface area (Å²) in [6, 6.07) is 0. The molecular formula is C6H12P-. The van der Waals surface area contributed by atoms with Crippen molar-refractivity contribution in [2.24, 2.45) is 0 Å². The fourth-order valence-corrected chi connectivity index (χ4v) is 1.51. The molecule has 0 amide bonds. The van der Waals surface area contributed by atoms with Crippen LogP contribution in [0.4, 0.5) is 0 Å². The van der Waals surface area contributed by atoms with Gasteiger partial charge in [0.25, 0.3) is 0 Å². The van der Waals surface area contributed by atoms with Crippen molar-refractivity contribution in [1.82, 2.24) is 0 Å². The first-order valence-electron chi connectivity index (χ1n) is 3.11. The lowest BCUT2D eigenvalue weighted by atomic mass is 10.0. The Kier molecular flexibility index (Phi) is 2.12. The molecule has 42 valence electrons. The van der Waals surface area contributed by atoms with Gasteiger partial charge in [0.05, 0.1) is 0 Å². The molecule has 0 heterocycles. The van der Waals surface area contributed by atoms with Crippen LogP contribution in [0.3, 0.4) is 0 Å². The van der Waals surface area contributed by atoms with Crippen molar-refractivity contribution in [3.63, 3.8) is 0 Å². The summed E-state index contributed by atoms with van der Waals surface area (Å²) in [4.78, 5) is 0. The molecule has 0 bridgehead atoms. The van der Waals surface area contributed by atoms with Gasteiger partial charge in [0.15, 0.2) is 0 Å². The van der Waals surface area contributed by atoms with Crippen LogP contribution in [0, 0.1) is 0 Å². The summed E-state index contributed by atoms with van der Waals surface area (Å²) in [5, 5.41) is 0. The predicted molar refractivity (Wildman–Crippen MR) is 35.2 cm³/mol. The molecule has 1 aliphatic carbocycles. The molecule has 0 radical (unpaired) electrons. The van der Waals surface area contributed by atoms with Gasteiger partial charge in [-0.25, -0.2) is 0 Å². The largest absolute Gasteiger partial charge is 0.555 e. The average molecular weight is 115 g/mol. The second-order valence-corrected chi connectivity index (χ2v) is 3.15. The van der Waals surface area contributed by atoms with E-state index in [1.807, 2.05) is 0 Å². The van der Waals surface area contributed by atoms with Crippen molar-refractivity contribution >= 4 is 9.24 Å². The van der Waals surface area contributed by atoms with Gasteiger partial charge in [0.2, 0.25) is 0 Å². The highest BCUT2D eigenvalue weighted by atomic mass is 31.0. The van der Waals surface area contributed by atoms with E-state index in [-0.39, 0.29) is 0 Å². The molecule has 0 aromatic carbocycles. The van der Waals surface area contributed by atoms with E-state index in [1.165, 1.54) is 32.1 Å². The zero-order valence-electron chi connectivity index (χ0n) is 4.61. The maximum Gasteiger partial charge on any atom is -0.0535 e. The Morgan fingerprint density at radius 1 is 1.00 bits per heavy atom. The molecule has 1 fully saturated rings. The third kappa shape index (κ3) is 1.78. The monoisotopic (exact) mass is 115 g/mol. The topological polar surface area (TPSA) is 0 Å². The normalized spacial score (nSPS) is 25.3. The molecule has 7 heavy (non-hydrogen) atoms. The molecule has 0 atom stereocenters. The Morgan fingerprint density at radius 2 is 1.57 bits per heavy atom. The summed E-state index contributed by atoms with van der Waals surface area (Å²) < 4.78 is 0. The highest BCUT2D eigenvalue weighted by Gasteiger charge is 1.99. The van der Waals surface area contributed by atoms with E-state index in [0.717, 1.165) is 5.66 Å². The van der Waals surface area contributed by atoms with E-state index in [0.29, 0.717) is 0 Å². The highest BCUT2D eigenvalue weighted by Crippen LogP contribution is 2.23. The van der Waals surface area contributed by atoms with E-state index in [9.17, 15) is 0 Å². The second kappa shape index (κ2) is 2.67. The van der Waals surface area contributed by atoms with Crippen molar-refractivity contribution in [2.45, 2.75) is 37.8 Å². The van der Waals surface area contributed by atoms with Gasteiger partial charge in [-0.2, -0.15) is 5.66 Å². The van der Waals surface area contributed by atoms with Crippen LogP contribution in [0.2, 0.25) is 0 Å². The molecule has 1 rings (SSSR count). The van der Waals surface area contributed by atoms with Crippen molar-refractivity contribution in [2.75, 3.05) is 0 Å². The van der Waals surface area contributed by atoms with Gasteiger partial charge in [-0.05, 0) is 0 Å². The zero-order valence-corrected chi connectivity index (χ0v) is 5.61. The molecule has 1 saturated carbocycles. The summed E-state index contributed by atoms with van der Waals surface area (Å²) in [6.07, 6.45) is 7.14. The first kappa shape index (κ1) is 5.56. The first-order chi connectivity index (χ1) is 3.39. The molecule has 0 unspecified atom stereocenters. The molecule has 1 aliphatic rings. The van der Waals surface area contributed by atoms with E-state index in [4.69, 9.17) is 0 Å². The fourth-order valence-electron chi connectivity index (χ4n) is 1.10. The summed E-state index contributed by atoms with van der Waals surface area (Å²) in [7, 11) is 3.63. The smallest absolute Gasteiger partial charge is 0.0535 e. The lowest BCUT2D eigenvalue weighted by molar-refractivity contribution is 0.516. The van der Waals surface area contributed by atoms with E-state index >= 15 is 0 Å². The maximum absolute atomic E-state index is 3.63. The molecule has 0 aromatic rings. The number of rotatable bonds is 0. The van der Waals surface area contributed by atoms with Crippen LogP contribution in [0.5, 0.6) is 0 Å². The minimum Gasteiger partial charge on any atom is -0.555 e. The van der Waals surface area contributed by atoms with Crippen LogP contribution in [0.1, 0.15) is 32.1 Å². The minimum absolute atomic E-state index is 0.841. The third-order valence-corrected chi connectivity index (χ3v) is 2.18. The summed E-state index contributed by atoms with van der Waals surface area (Å²) >= 11 is 0. The van der Waals surface area contributed by atoms with Crippen LogP contribution in [0.25, 0.3) is 0 Å². The van der Waals surface area contributed by atoms with Crippen molar-refractivity contribution in [3.8, 4) is 0 Å². The molecule has 0 nitrogen and oxygen atoms in total. The zero-order chi connectivity index (χ0) is 5.11. The summed E-state index contributed by atoms with van der Waals surface area (Å²) in [6.45, 7) is 0. The molecule has 0 aromatic heterocycles. The van der Waals surface area contributed by atoms with Crippen LogP contribution >= 0.6 is 9.24 Å². The Hall–Kier alpha value is 0.430. The molecule has 0 aliphatic heterocycles. The van der Waals surface area contributed by atoms with Crippen molar-refractivity contribution < 1.29 is 0 Å². The molecule has 0 saturated heterocycles. The number of hydrogen-bond donors (Lipinski definition) is 0. The Morgan fingerprint density at radius 3 is 1.86 bits per heavy atom. The molecule has 1 heteroatoms. The Bertz CT molecular complexity index is 46.1. The van der Waals surface area contributed by atoms with Crippen molar-refractivity contribution in [3.05, 3.63) is 0 Å². The SMILES string of the molecule is [PH-]C1CCCCC1. The summed E-state index contributed by atoms with van der Waals surface area (Å²) in [5.41, 5.74) is 0.841. The highest BCUT2D eigenvalue weighted by molar-refractivity contribution is 7.17. The predicted octanol–water partition coefficient (Wildman–Crippen LogP) is 2.46. The van der Waals surface area contributed by atoms with Gasteiger partial charge in [0, 0.05) is 0 Å². The van der Waals surface area contributed by atoms with Crippen LogP contribution in [-0.2, 0) is 0 Å². The van der Waals surface area contributed by atoms with Gasteiger partial charge in [0.1, 0.15) is 0 Å². The van der Waals surface area contributed by atoms with Crippen LogP contribution in [-0.4, -0.2) is 5.66 Å². The van der Waals surface area contributed by atoms with Gasteiger partial charge in [-0.15, -0.1) is 0 Å². The van der Waals surface area contributed by atoms with Gasteiger partial charge >= 0.3 is 0 Å². The van der Waals surface area contributed by atoms with Gasteiger partial charge in [-0.3, -0.25) is 0 Å². The standard InChI is InChI=1S/C6H12P/c7-6-4-2-1-3-5-6/h6-7H,1-5H2/q-1. The average Bonchev–Trinajstić information content (AvgIpc) is 1.69. The lowest BCUT2D eigenvalue weighted by Gasteiger charge is -2.23. The Balaban J connectivity index is 2.12. The second-order valence-electron chi connectivity index (χ2n) is 2.33. The molecule has 0 N–H and O–H groups in total. The van der Waals surface area contributed by atoms with Crippen LogP contribution < -0.4 is 0 Å².